The average Bonchev–Trinajstić information content (AvgIpc) is 2.40. The van der Waals surface area contributed by atoms with E-state index < -0.39 is 0 Å². The van der Waals surface area contributed by atoms with Crippen molar-refractivity contribution < 1.29 is 0 Å². The molecular weight excluding hydrogens is 232 g/mol. The summed E-state index contributed by atoms with van der Waals surface area (Å²) in [5, 5.41) is 3.70. The maximum Gasteiger partial charge on any atom is 0.0236 e. The van der Waals surface area contributed by atoms with Crippen molar-refractivity contribution in [3.05, 3.63) is 35.9 Å². The summed E-state index contributed by atoms with van der Waals surface area (Å²) in [5.41, 5.74) is 2.01. The van der Waals surface area contributed by atoms with Gasteiger partial charge in [0.15, 0.2) is 0 Å². The second-order valence-corrected chi connectivity index (χ2v) is 6.22. The minimum Gasteiger partial charge on any atom is -0.311 e. The van der Waals surface area contributed by atoms with E-state index in [-0.39, 0.29) is 0 Å². The zero-order valence-corrected chi connectivity index (χ0v) is 12.1. The van der Waals surface area contributed by atoms with Gasteiger partial charge in [-0.15, -0.1) is 0 Å². The van der Waals surface area contributed by atoms with Crippen LogP contribution in [0.25, 0.3) is 0 Å². The van der Waals surface area contributed by atoms with E-state index in [0.29, 0.717) is 11.6 Å². The fourth-order valence-electron chi connectivity index (χ4n) is 3.77. The molecule has 1 N–H and O–H groups in total. The normalized spacial score (nSPS) is 26.9. The Bertz CT molecular complexity index is 391. The van der Waals surface area contributed by atoms with Crippen molar-refractivity contribution in [2.75, 3.05) is 19.6 Å². The number of hydrogen-bond acceptors (Lipinski definition) is 2. The van der Waals surface area contributed by atoms with E-state index in [1.165, 1.54) is 44.3 Å². The van der Waals surface area contributed by atoms with Crippen molar-refractivity contribution in [1.29, 1.82) is 0 Å². The van der Waals surface area contributed by atoms with Crippen LogP contribution in [0.5, 0.6) is 0 Å². The van der Waals surface area contributed by atoms with Crippen LogP contribution in [0.1, 0.15) is 38.2 Å². The molecule has 0 aromatic heterocycles. The van der Waals surface area contributed by atoms with E-state index in [4.69, 9.17) is 0 Å². The van der Waals surface area contributed by atoms with Gasteiger partial charge < -0.3 is 5.32 Å². The summed E-state index contributed by atoms with van der Waals surface area (Å²) >= 11 is 0. The Kier molecular flexibility index (Phi) is 3.90. The van der Waals surface area contributed by atoms with Gasteiger partial charge in [0.25, 0.3) is 0 Å². The molecule has 3 rings (SSSR count). The lowest BCUT2D eigenvalue weighted by Crippen LogP contribution is -2.62. The third kappa shape index (κ3) is 2.70. The molecule has 1 atom stereocenters. The zero-order chi connectivity index (χ0) is 13.1. The molecule has 1 aliphatic carbocycles. The monoisotopic (exact) mass is 258 g/mol. The molecule has 2 heteroatoms. The highest BCUT2D eigenvalue weighted by Gasteiger charge is 2.42. The lowest BCUT2D eigenvalue weighted by Gasteiger charge is -2.53. The fraction of sp³-hybridized carbons (Fsp3) is 0.647. The van der Waals surface area contributed by atoms with E-state index in [1.807, 2.05) is 0 Å². The predicted molar refractivity (Wildman–Crippen MR) is 80.4 cm³/mol. The third-order valence-corrected chi connectivity index (χ3v) is 5.19. The van der Waals surface area contributed by atoms with E-state index in [2.05, 4.69) is 47.5 Å². The lowest BCUT2D eigenvalue weighted by molar-refractivity contribution is -0.00752. The van der Waals surface area contributed by atoms with Gasteiger partial charge in [0.1, 0.15) is 0 Å². The topological polar surface area (TPSA) is 15.3 Å². The molecule has 19 heavy (non-hydrogen) atoms. The highest BCUT2D eigenvalue weighted by molar-refractivity contribution is 5.16. The maximum absolute atomic E-state index is 3.70. The van der Waals surface area contributed by atoms with Gasteiger partial charge in [-0.25, -0.2) is 0 Å². The van der Waals surface area contributed by atoms with Crippen molar-refractivity contribution in [2.24, 2.45) is 0 Å². The number of rotatable bonds is 4. The van der Waals surface area contributed by atoms with Crippen molar-refractivity contribution >= 4 is 0 Å². The van der Waals surface area contributed by atoms with Crippen molar-refractivity contribution in [2.45, 2.75) is 50.6 Å². The largest absolute Gasteiger partial charge is 0.311 e. The van der Waals surface area contributed by atoms with Gasteiger partial charge in [-0.2, -0.15) is 0 Å². The standard InChI is InChI=1S/C17H26N2/c1-2-17(9-6-10-17)19-12-11-18-16(14-19)13-15-7-4-3-5-8-15/h3-5,7-8,16,18H,2,6,9-14H2,1H3. The minimum absolute atomic E-state index is 0.553. The Morgan fingerprint density at radius 3 is 2.68 bits per heavy atom. The summed E-state index contributed by atoms with van der Waals surface area (Å²) in [5.74, 6) is 0. The Morgan fingerprint density at radius 2 is 2.05 bits per heavy atom. The van der Waals surface area contributed by atoms with E-state index >= 15 is 0 Å². The van der Waals surface area contributed by atoms with Gasteiger partial charge >= 0.3 is 0 Å². The Labute approximate surface area is 117 Å². The summed E-state index contributed by atoms with van der Waals surface area (Å²) in [4.78, 5) is 2.78. The van der Waals surface area contributed by atoms with Gasteiger partial charge in [-0.1, -0.05) is 37.3 Å². The molecule has 2 nitrogen and oxygen atoms in total. The van der Waals surface area contributed by atoms with Crippen molar-refractivity contribution in [3.63, 3.8) is 0 Å². The quantitative estimate of drug-likeness (QED) is 0.893. The summed E-state index contributed by atoms with van der Waals surface area (Å²) in [7, 11) is 0. The van der Waals surface area contributed by atoms with Gasteiger partial charge in [0, 0.05) is 31.2 Å². The molecule has 1 saturated heterocycles. The van der Waals surface area contributed by atoms with E-state index in [9.17, 15) is 0 Å². The summed E-state index contributed by atoms with van der Waals surface area (Å²) in [6.07, 6.45) is 6.76. The zero-order valence-electron chi connectivity index (χ0n) is 12.1. The van der Waals surface area contributed by atoms with Crippen LogP contribution >= 0.6 is 0 Å². The second kappa shape index (κ2) is 5.64. The first-order chi connectivity index (χ1) is 9.32. The maximum atomic E-state index is 3.70. The molecular formula is C17H26N2. The first-order valence-electron chi connectivity index (χ1n) is 7.85. The van der Waals surface area contributed by atoms with Crippen LogP contribution in [-0.4, -0.2) is 36.1 Å². The first kappa shape index (κ1) is 13.1. The molecule has 0 bridgehead atoms. The second-order valence-electron chi connectivity index (χ2n) is 6.22. The third-order valence-electron chi connectivity index (χ3n) is 5.19. The highest BCUT2D eigenvalue weighted by Crippen LogP contribution is 2.40. The van der Waals surface area contributed by atoms with Crippen LogP contribution in [-0.2, 0) is 6.42 Å². The number of nitrogens with zero attached hydrogens (tertiary/aromatic N) is 1. The molecule has 0 spiro atoms. The predicted octanol–water partition coefficient (Wildman–Crippen LogP) is 2.84. The molecule has 0 radical (unpaired) electrons. The molecule has 2 fully saturated rings. The summed E-state index contributed by atoms with van der Waals surface area (Å²) < 4.78 is 0. The lowest BCUT2D eigenvalue weighted by atomic mass is 9.73. The molecule has 0 amide bonds. The Hall–Kier alpha value is -0.860. The molecule has 1 aliphatic heterocycles. The Morgan fingerprint density at radius 1 is 1.26 bits per heavy atom. The van der Waals surface area contributed by atoms with Crippen molar-refractivity contribution in [1.82, 2.24) is 10.2 Å². The van der Waals surface area contributed by atoms with E-state index in [0.717, 1.165) is 13.0 Å². The molecule has 1 saturated carbocycles. The summed E-state index contributed by atoms with van der Waals surface area (Å²) in [6.45, 7) is 5.98. The smallest absolute Gasteiger partial charge is 0.0236 e. The molecule has 104 valence electrons. The molecule has 1 heterocycles. The molecule has 1 aromatic rings. The number of nitrogens with one attached hydrogen (secondary N) is 1. The number of hydrogen-bond donors (Lipinski definition) is 1. The van der Waals surface area contributed by atoms with Crippen LogP contribution in [0.15, 0.2) is 30.3 Å². The van der Waals surface area contributed by atoms with Crippen LogP contribution < -0.4 is 5.32 Å². The molecule has 1 unspecified atom stereocenters. The summed E-state index contributed by atoms with van der Waals surface area (Å²) in [6, 6.07) is 11.5. The van der Waals surface area contributed by atoms with Crippen LogP contribution in [0.4, 0.5) is 0 Å². The van der Waals surface area contributed by atoms with Gasteiger partial charge in [0.05, 0.1) is 0 Å². The SMILES string of the molecule is CCC1(N2CCNC(Cc3ccccc3)C2)CCC1. The first-order valence-corrected chi connectivity index (χ1v) is 7.85. The number of piperazine rings is 1. The van der Waals surface area contributed by atoms with Crippen molar-refractivity contribution in [3.8, 4) is 0 Å². The van der Waals surface area contributed by atoms with Gasteiger partial charge in [-0.3, -0.25) is 4.90 Å². The molecule has 1 aromatic carbocycles. The molecule has 2 aliphatic rings. The highest BCUT2D eigenvalue weighted by atomic mass is 15.3. The van der Waals surface area contributed by atoms with Crippen LogP contribution in [0.3, 0.4) is 0 Å². The van der Waals surface area contributed by atoms with Gasteiger partial charge in [0.2, 0.25) is 0 Å². The number of benzene rings is 1. The van der Waals surface area contributed by atoms with Crippen LogP contribution in [0.2, 0.25) is 0 Å². The fourth-order valence-corrected chi connectivity index (χ4v) is 3.77. The average molecular weight is 258 g/mol. The Balaban J connectivity index is 1.62. The van der Waals surface area contributed by atoms with Crippen LogP contribution in [0, 0.1) is 0 Å². The van der Waals surface area contributed by atoms with E-state index in [1.54, 1.807) is 0 Å². The van der Waals surface area contributed by atoms with Gasteiger partial charge in [-0.05, 0) is 37.7 Å². The minimum atomic E-state index is 0.553.